The first-order chi connectivity index (χ1) is 21.4. The highest BCUT2D eigenvalue weighted by molar-refractivity contribution is 5.72. The molecule has 0 saturated carbocycles. The van der Waals surface area contributed by atoms with Crippen molar-refractivity contribution in [3.05, 3.63) is 131 Å². The summed E-state index contributed by atoms with van der Waals surface area (Å²) in [6.07, 6.45) is 6.83. The number of nitro groups is 1. The number of nitro benzene ring substituents is 1. The van der Waals surface area contributed by atoms with Gasteiger partial charge in [-0.15, -0.1) is 0 Å². The topological polar surface area (TPSA) is 149 Å². The third-order valence-electron chi connectivity index (χ3n) is 6.57. The third-order valence-corrected chi connectivity index (χ3v) is 6.57. The molecule has 0 aliphatic carbocycles. The Morgan fingerprint density at radius 3 is 1.68 bits per heavy atom. The number of aryl methyl sites for hydroxylation is 2. The normalized spacial score (nSPS) is 10.5. The summed E-state index contributed by atoms with van der Waals surface area (Å²) in [5.41, 5.74) is 11.5. The van der Waals surface area contributed by atoms with E-state index in [1.165, 1.54) is 12.1 Å². The van der Waals surface area contributed by atoms with Crippen LogP contribution in [0.2, 0.25) is 0 Å². The monoisotopic (exact) mass is 590 g/mol. The van der Waals surface area contributed by atoms with Gasteiger partial charge in [0.25, 0.3) is 5.69 Å². The summed E-state index contributed by atoms with van der Waals surface area (Å²) in [5.74, 6) is 1.31. The molecule has 12 nitrogen and oxygen atoms in total. The van der Waals surface area contributed by atoms with Gasteiger partial charge in [-0.1, -0.05) is 12.1 Å². The molecule has 4 aromatic heterocycles. The van der Waals surface area contributed by atoms with E-state index in [9.17, 15) is 10.1 Å². The Morgan fingerprint density at radius 1 is 0.705 bits per heavy atom. The molecular formula is C32H30N8O4. The zero-order valence-electron chi connectivity index (χ0n) is 24.1. The molecule has 0 unspecified atom stereocenters. The number of benzene rings is 2. The molecule has 0 bridgehead atoms. The van der Waals surface area contributed by atoms with E-state index in [1.54, 1.807) is 53.3 Å². The fraction of sp³-hybridized carbons (Fsp3) is 0.125. The summed E-state index contributed by atoms with van der Waals surface area (Å²) in [5, 5.41) is 19.3. The predicted molar refractivity (Wildman–Crippen MR) is 165 cm³/mol. The fourth-order valence-electron chi connectivity index (χ4n) is 4.38. The highest BCUT2D eigenvalue weighted by Crippen LogP contribution is 2.34. The van der Waals surface area contributed by atoms with Gasteiger partial charge in [0.15, 0.2) is 0 Å². The minimum absolute atomic E-state index is 0.00591. The van der Waals surface area contributed by atoms with Gasteiger partial charge in [-0.2, -0.15) is 10.2 Å². The SMILES string of the molecule is Cn1nccc1-c1cc(N)ccc1OCc1ccccn1.Cn1nccc1-c1cc([N+](=O)[O-])ccc1OCc1ccccn1. The standard InChI is InChI=1S/C16H14N4O3.C16H16N4O/c1-19-15(7-9-18-19)14-10-13(20(21)22)5-6-16(14)23-11-12-4-2-3-8-17-12;1-20-15(7-9-19-20)14-10-12(17)5-6-16(14)21-11-13-4-2-3-8-18-13/h2-10H,11H2,1H3;2-10H,11,17H2,1H3. The molecule has 6 rings (SSSR count). The second-order valence-corrected chi connectivity index (χ2v) is 9.59. The van der Waals surface area contributed by atoms with Gasteiger partial charge in [-0.3, -0.25) is 29.4 Å². The van der Waals surface area contributed by atoms with Crippen molar-refractivity contribution in [1.82, 2.24) is 29.5 Å². The van der Waals surface area contributed by atoms with Gasteiger partial charge >= 0.3 is 0 Å². The molecule has 2 N–H and O–H groups in total. The molecular weight excluding hydrogens is 560 g/mol. The van der Waals surface area contributed by atoms with Gasteiger partial charge in [-0.05, 0) is 60.7 Å². The molecule has 4 heterocycles. The van der Waals surface area contributed by atoms with E-state index in [4.69, 9.17) is 15.2 Å². The third kappa shape index (κ3) is 7.23. The van der Waals surface area contributed by atoms with Crippen LogP contribution in [-0.4, -0.2) is 34.5 Å². The van der Waals surface area contributed by atoms with Crippen LogP contribution >= 0.6 is 0 Å². The number of pyridine rings is 2. The van der Waals surface area contributed by atoms with Gasteiger partial charge in [0.1, 0.15) is 24.7 Å². The average Bonchev–Trinajstić information content (AvgIpc) is 3.68. The van der Waals surface area contributed by atoms with Gasteiger partial charge in [-0.25, -0.2) is 0 Å². The molecule has 222 valence electrons. The molecule has 0 aliphatic rings. The highest BCUT2D eigenvalue weighted by atomic mass is 16.6. The van der Waals surface area contributed by atoms with E-state index in [0.717, 1.165) is 34.1 Å². The minimum Gasteiger partial charge on any atom is -0.487 e. The number of aromatic nitrogens is 6. The molecule has 0 radical (unpaired) electrons. The molecule has 12 heteroatoms. The predicted octanol–water partition coefficient (Wildman–Crippen LogP) is 5.61. The second kappa shape index (κ2) is 13.7. The van der Waals surface area contributed by atoms with E-state index in [-0.39, 0.29) is 12.3 Å². The maximum absolute atomic E-state index is 11.0. The maximum Gasteiger partial charge on any atom is 0.270 e. The Hall–Kier alpha value is -6.04. The van der Waals surface area contributed by atoms with Crippen molar-refractivity contribution in [2.75, 3.05) is 5.73 Å². The summed E-state index contributed by atoms with van der Waals surface area (Å²) in [6.45, 7) is 0.694. The molecule has 0 spiro atoms. The van der Waals surface area contributed by atoms with Crippen LogP contribution in [0.15, 0.2) is 110 Å². The summed E-state index contributed by atoms with van der Waals surface area (Å²) in [7, 11) is 3.66. The smallest absolute Gasteiger partial charge is 0.270 e. The lowest BCUT2D eigenvalue weighted by molar-refractivity contribution is -0.384. The van der Waals surface area contributed by atoms with Crippen molar-refractivity contribution in [3.63, 3.8) is 0 Å². The average molecular weight is 591 g/mol. The zero-order chi connectivity index (χ0) is 30.9. The van der Waals surface area contributed by atoms with E-state index in [2.05, 4.69) is 20.2 Å². The van der Waals surface area contributed by atoms with Crippen LogP contribution < -0.4 is 15.2 Å². The van der Waals surface area contributed by atoms with Crippen LogP contribution in [0.1, 0.15) is 11.4 Å². The number of anilines is 1. The van der Waals surface area contributed by atoms with Gasteiger partial charge in [0.05, 0.1) is 27.7 Å². The minimum atomic E-state index is -0.428. The number of nitrogen functional groups attached to an aromatic ring is 1. The van der Waals surface area contributed by atoms with Crippen molar-refractivity contribution in [3.8, 4) is 34.0 Å². The summed E-state index contributed by atoms with van der Waals surface area (Å²) >= 11 is 0. The zero-order valence-corrected chi connectivity index (χ0v) is 24.1. The van der Waals surface area contributed by atoms with Crippen molar-refractivity contribution in [2.24, 2.45) is 14.1 Å². The van der Waals surface area contributed by atoms with Gasteiger partial charge in [0.2, 0.25) is 0 Å². The van der Waals surface area contributed by atoms with Crippen LogP contribution in [0.3, 0.4) is 0 Å². The van der Waals surface area contributed by atoms with E-state index in [0.29, 0.717) is 23.6 Å². The molecule has 6 aromatic rings. The number of hydrogen-bond acceptors (Lipinski definition) is 9. The summed E-state index contributed by atoms with van der Waals surface area (Å²) in [6, 6.07) is 25.1. The molecule has 0 atom stereocenters. The lowest BCUT2D eigenvalue weighted by atomic mass is 10.1. The molecule has 44 heavy (non-hydrogen) atoms. The Balaban J connectivity index is 0.000000175. The fourth-order valence-corrected chi connectivity index (χ4v) is 4.38. The Bertz CT molecular complexity index is 1840. The summed E-state index contributed by atoms with van der Waals surface area (Å²) in [4.78, 5) is 19.1. The number of hydrogen-bond donors (Lipinski definition) is 1. The Morgan fingerprint density at radius 2 is 1.23 bits per heavy atom. The second-order valence-electron chi connectivity index (χ2n) is 9.59. The number of non-ortho nitro benzene ring substituents is 1. The van der Waals surface area contributed by atoms with Crippen LogP contribution in [-0.2, 0) is 27.3 Å². The highest BCUT2D eigenvalue weighted by Gasteiger charge is 2.16. The van der Waals surface area contributed by atoms with Crippen molar-refractivity contribution in [1.29, 1.82) is 0 Å². The molecule has 0 saturated heterocycles. The lowest BCUT2D eigenvalue weighted by Crippen LogP contribution is -2.01. The number of nitrogens with two attached hydrogens (primary N) is 1. The van der Waals surface area contributed by atoms with E-state index in [1.807, 2.05) is 67.7 Å². The van der Waals surface area contributed by atoms with Crippen LogP contribution in [0.5, 0.6) is 11.5 Å². The summed E-state index contributed by atoms with van der Waals surface area (Å²) < 4.78 is 15.1. The molecule has 0 fully saturated rings. The van der Waals surface area contributed by atoms with E-state index < -0.39 is 4.92 Å². The number of rotatable bonds is 9. The van der Waals surface area contributed by atoms with Crippen molar-refractivity contribution < 1.29 is 14.4 Å². The van der Waals surface area contributed by atoms with Crippen molar-refractivity contribution in [2.45, 2.75) is 13.2 Å². The largest absolute Gasteiger partial charge is 0.487 e. The Labute approximate surface area is 253 Å². The van der Waals surface area contributed by atoms with Crippen molar-refractivity contribution >= 4 is 11.4 Å². The number of nitrogens with zero attached hydrogens (tertiary/aromatic N) is 7. The molecule has 0 aliphatic heterocycles. The van der Waals surface area contributed by atoms with E-state index >= 15 is 0 Å². The quantitative estimate of drug-likeness (QED) is 0.129. The Kier molecular flexibility index (Phi) is 9.20. The first-order valence-electron chi connectivity index (χ1n) is 13.6. The lowest BCUT2D eigenvalue weighted by Gasteiger charge is -2.12. The van der Waals surface area contributed by atoms with Crippen LogP contribution in [0.4, 0.5) is 11.4 Å². The maximum atomic E-state index is 11.0. The van der Waals surface area contributed by atoms with Crippen LogP contribution in [0.25, 0.3) is 22.5 Å². The van der Waals surface area contributed by atoms with Gasteiger partial charge in [0, 0.05) is 67.8 Å². The first kappa shape index (κ1) is 29.5. The number of ether oxygens (including phenoxy) is 2. The molecule has 0 amide bonds. The first-order valence-corrected chi connectivity index (χ1v) is 13.6. The van der Waals surface area contributed by atoms with Crippen LogP contribution in [0, 0.1) is 10.1 Å². The van der Waals surface area contributed by atoms with Gasteiger partial charge < -0.3 is 15.2 Å². The molecule has 2 aromatic carbocycles.